The largest absolute Gasteiger partial charge is 0.385 e. The molecule has 1 N–H and O–H groups in total. The summed E-state index contributed by atoms with van der Waals surface area (Å²) in [5, 5.41) is 10.7. The summed E-state index contributed by atoms with van der Waals surface area (Å²) in [6, 6.07) is 0. The van der Waals surface area contributed by atoms with Crippen LogP contribution in [-0.2, 0) is 4.79 Å². The highest BCUT2D eigenvalue weighted by Gasteiger charge is 2.62. The molecule has 0 bridgehead atoms. The van der Waals surface area contributed by atoms with Crippen molar-refractivity contribution in [3.05, 3.63) is 23.3 Å². The molecule has 0 aromatic carbocycles. The normalized spacial score (nSPS) is 44.6. The van der Waals surface area contributed by atoms with Gasteiger partial charge in [0.2, 0.25) is 0 Å². The second-order valence-corrected chi connectivity index (χ2v) is 12.9. The number of hydrogen-bond donors (Lipinski definition) is 1. The second-order valence-electron chi connectivity index (χ2n) is 12.9. The summed E-state index contributed by atoms with van der Waals surface area (Å²) in [5.74, 6) is 3.81. The summed E-state index contributed by atoms with van der Waals surface area (Å²) in [5.41, 5.74) is 2.71. The summed E-state index contributed by atoms with van der Waals surface area (Å²) in [4.78, 5) is 12.8. The minimum atomic E-state index is -0.796. The fraction of sp³-hybridized carbons (Fsp3) is 0.828. The average Bonchev–Trinajstić information content (AvgIpc) is 3.03. The first-order valence-electron chi connectivity index (χ1n) is 13.0. The van der Waals surface area contributed by atoms with Gasteiger partial charge < -0.3 is 5.11 Å². The maximum atomic E-state index is 12.8. The SMILES string of the molecule is CC(C)=CCC[C@@H](C)[C@H]1CC[C@H]2[C@@H]3CC=C4C(C)(C)C(=O)C(O)C[C@]4(C)[C@H]3CC[C@]12C. The first kappa shape index (κ1) is 23.3. The lowest BCUT2D eigenvalue weighted by atomic mass is 9.44. The number of rotatable bonds is 4. The summed E-state index contributed by atoms with van der Waals surface area (Å²) in [6.45, 7) is 16.0. The monoisotopic (exact) mass is 426 g/mol. The Balaban J connectivity index is 1.58. The van der Waals surface area contributed by atoms with Gasteiger partial charge in [0.15, 0.2) is 5.78 Å². The van der Waals surface area contributed by atoms with E-state index in [4.69, 9.17) is 0 Å². The Labute approximate surface area is 191 Å². The van der Waals surface area contributed by atoms with E-state index in [1.165, 1.54) is 49.7 Å². The number of carbonyl (C=O) groups is 1. The maximum absolute atomic E-state index is 12.8. The molecule has 3 fully saturated rings. The Morgan fingerprint density at radius 2 is 1.87 bits per heavy atom. The molecule has 2 nitrogen and oxygen atoms in total. The van der Waals surface area contributed by atoms with Crippen molar-refractivity contribution in [1.29, 1.82) is 0 Å². The first-order chi connectivity index (χ1) is 14.4. The van der Waals surface area contributed by atoms with Crippen LogP contribution in [0.4, 0.5) is 0 Å². The zero-order valence-corrected chi connectivity index (χ0v) is 21.1. The molecule has 0 aromatic heterocycles. The minimum absolute atomic E-state index is 0.0196. The number of carbonyl (C=O) groups excluding carboxylic acids is 1. The molecular formula is C29H46O2. The number of ketones is 1. The zero-order chi connectivity index (χ0) is 22.8. The Bertz CT molecular complexity index is 785. The van der Waals surface area contributed by atoms with Crippen LogP contribution in [0.3, 0.4) is 0 Å². The molecule has 8 atom stereocenters. The van der Waals surface area contributed by atoms with Gasteiger partial charge in [0, 0.05) is 5.41 Å². The molecule has 0 amide bonds. The van der Waals surface area contributed by atoms with Gasteiger partial charge in [0.05, 0.1) is 0 Å². The molecule has 0 radical (unpaired) electrons. The molecule has 3 saturated carbocycles. The van der Waals surface area contributed by atoms with Crippen LogP contribution in [0.5, 0.6) is 0 Å². The minimum Gasteiger partial charge on any atom is -0.385 e. The molecule has 0 heterocycles. The van der Waals surface area contributed by atoms with Crippen molar-refractivity contribution < 1.29 is 9.90 Å². The van der Waals surface area contributed by atoms with Crippen LogP contribution >= 0.6 is 0 Å². The van der Waals surface area contributed by atoms with E-state index in [-0.39, 0.29) is 11.2 Å². The highest BCUT2D eigenvalue weighted by Crippen LogP contribution is 2.68. The van der Waals surface area contributed by atoms with Gasteiger partial charge in [-0.3, -0.25) is 4.79 Å². The quantitative estimate of drug-likeness (QED) is 0.486. The van der Waals surface area contributed by atoms with E-state index < -0.39 is 11.5 Å². The molecule has 4 aliphatic rings. The van der Waals surface area contributed by atoms with Crippen molar-refractivity contribution in [2.75, 3.05) is 0 Å². The van der Waals surface area contributed by atoms with E-state index in [0.29, 0.717) is 17.8 Å². The van der Waals surface area contributed by atoms with Gasteiger partial charge in [-0.05, 0) is 119 Å². The fourth-order valence-electron chi connectivity index (χ4n) is 9.18. The Hall–Kier alpha value is -0.890. The van der Waals surface area contributed by atoms with E-state index in [0.717, 1.165) is 30.1 Å². The van der Waals surface area contributed by atoms with Gasteiger partial charge in [-0.25, -0.2) is 0 Å². The third-order valence-corrected chi connectivity index (χ3v) is 10.6. The van der Waals surface area contributed by atoms with Gasteiger partial charge in [-0.2, -0.15) is 0 Å². The van der Waals surface area contributed by atoms with Crippen LogP contribution < -0.4 is 0 Å². The van der Waals surface area contributed by atoms with Crippen LogP contribution in [0.15, 0.2) is 23.3 Å². The molecule has 2 heteroatoms. The lowest BCUT2D eigenvalue weighted by Crippen LogP contribution is -2.57. The van der Waals surface area contributed by atoms with Crippen LogP contribution in [0, 0.1) is 45.8 Å². The molecule has 4 rings (SSSR count). The number of fused-ring (bicyclic) bond motifs is 5. The topological polar surface area (TPSA) is 37.3 Å². The third-order valence-electron chi connectivity index (χ3n) is 10.6. The molecule has 1 unspecified atom stereocenters. The molecule has 0 spiro atoms. The van der Waals surface area contributed by atoms with Crippen LogP contribution in [0.25, 0.3) is 0 Å². The van der Waals surface area contributed by atoms with Gasteiger partial charge >= 0.3 is 0 Å². The standard InChI is InChI=1S/C29H46O2/c1-18(2)9-8-10-19(3)21-12-13-22-20-11-14-25-27(4,5)26(31)24(30)17-29(25,7)23(20)15-16-28(21,22)6/h9,14,19-24,30H,8,10-13,15-17H2,1-7H3/t19-,20+,21-,22+,23+,24?,28-,29-/m1/s1. The van der Waals surface area contributed by atoms with E-state index in [9.17, 15) is 9.90 Å². The van der Waals surface area contributed by atoms with Crippen LogP contribution in [0.1, 0.15) is 99.8 Å². The van der Waals surface area contributed by atoms with Crippen molar-refractivity contribution in [3.63, 3.8) is 0 Å². The Morgan fingerprint density at radius 1 is 1.16 bits per heavy atom. The zero-order valence-electron chi connectivity index (χ0n) is 21.1. The predicted molar refractivity (Wildman–Crippen MR) is 129 cm³/mol. The lowest BCUT2D eigenvalue weighted by molar-refractivity contribution is -0.145. The van der Waals surface area contributed by atoms with Gasteiger partial charge in [0.25, 0.3) is 0 Å². The van der Waals surface area contributed by atoms with Crippen molar-refractivity contribution in [1.82, 2.24) is 0 Å². The second kappa shape index (κ2) is 7.86. The molecule has 0 aliphatic heterocycles. The van der Waals surface area contributed by atoms with Crippen LogP contribution in [0.2, 0.25) is 0 Å². The number of allylic oxidation sites excluding steroid dienone is 4. The molecular weight excluding hydrogens is 380 g/mol. The number of aliphatic hydroxyl groups excluding tert-OH is 1. The molecule has 4 aliphatic carbocycles. The number of Topliss-reactive ketones (excluding diaryl/α,β-unsaturated/α-hetero) is 1. The fourth-order valence-corrected chi connectivity index (χ4v) is 9.18. The maximum Gasteiger partial charge on any atom is 0.170 e. The lowest BCUT2D eigenvalue weighted by Gasteiger charge is -2.60. The van der Waals surface area contributed by atoms with Crippen molar-refractivity contribution in [2.24, 2.45) is 45.8 Å². The van der Waals surface area contributed by atoms with Crippen LogP contribution in [-0.4, -0.2) is 17.0 Å². The van der Waals surface area contributed by atoms with Gasteiger partial charge in [-0.15, -0.1) is 0 Å². The van der Waals surface area contributed by atoms with E-state index in [2.05, 4.69) is 60.6 Å². The van der Waals surface area contributed by atoms with E-state index in [1.807, 2.05) is 0 Å². The smallest absolute Gasteiger partial charge is 0.170 e. The molecule has 0 aromatic rings. The Kier molecular flexibility index (Phi) is 5.90. The van der Waals surface area contributed by atoms with Gasteiger partial charge in [-0.1, -0.05) is 44.1 Å². The summed E-state index contributed by atoms with van der Waals surface area (Å²) in [6.07, 6.45) is 13.7. The van der Waals surface area contributed by atoms with Crippen molar-refractivity contribution in [2.45, 2.75) is 106 Å². The highest BCUT2D eigenvalue weighted by atomic mass is 16.3. The molecule has 31 heavy (non-hydrogen) atoms. The van der Waals surface area contributed by atoms with Crippen molar-refractivity contribution in [3.8, 4) is 0 Å². The highest BCUT2D eigenvalue weighted by molar-refractivity contribution is 5.92. The molecule has 0 saturated heterocycles. The summed E-state index contributed by atoms with van der Waals surface area (Å²) < 4.78 is 0. The van der Waals surface area contributed by atoms with E-state index in [1.54, 1.807) is 0 Å². The van der Waals surface area contributed by atoms with E-state index >= 15 is 0 Å². The molecule has 174 valence electrons. The number of hydrogen-bond acceptors (Lipinski definition) is 2. The van der Waals surface area contributed by atoms with Gasteiger partial charge in [0.1, 0.15) is 6.10 Å². The predicted octanol–water partition coefficient (Wildman–Crippen LogP) is 7.12. The van der Waals surface area contributed by atoms with Crippen molar-refractivity contribution >= 4 is 5.78 Å². The summed E-state index contributed by atoms with van der Waals surface area (Å²) in [7, 11) is 0. The first-order valence-corrected chi connectivity index (χ1v) is 13.0. The number of aliphatic hydroxyl groups is 1. The third kappa shape index (κ3) is 3.51. The summed E-state index contributed by atoms with van der Waals surface area (Å²) >= 11 is 0. The average molecular weight is 427 g/mol. The Morgan fingerprint density at radius 3 is 2.55 bits per heavy atom.